The first-order chi connectivity index (χ1) is 32.8. The van der Waals surface area contributed by atoms with E-state index < -0.39 is 36.3 Å². The highest BCUT2D eigenvalue weighted by molar-refractivity contribution is 7.11. The number of amides is 4. The molecule has 0 spiro atoms. The van der Waals surface area contributed by atoms with Gasteiger partial charge in [0.25, 0.3) is 0 Å². The summed E-state index contributed by atoms with van der Waals surface area (Å²) < 4.78 is 35.4. The zero-order chi connectivity index (χ0) is 47.5. The van der Waals surface area contributed by atoms with Crippen molar-refractivity contribution >= 4 is 46.2 Å². The number of imidazole rings is 2. The maximum absolute atomic E-state index is 16.9. The number of aromatic amines is 2. The minimum atomic E-state index is -0.772. The van der Waals surface area contributed by atoms with Gasteiger partial charge in [0.2, 0.25) is 18.0 Å². The molecule has 4 amide bonds. The molecule has 0 bridgehead atoms. The molecule has 4 N–H and O–H groups in total. The Morgan fingerprint density at radius 3 is 1.97 bits per heavy atom. The fourth-order valence-corrected chi connectivity index (χ4v) is 11.4. The first kappa shape index (κ1) is 45.0. The van der Waals surface area contributed by atoms with E-state index in [0.717, 1.165) is 71.4 Å². The van der Waals surface area contributed by atoms with Crippen molar-refractivity contribution in [2.45, 2.75) is 103 Å². The molecule has 68 heavy (non-hydrogen) atoms. The molecule has 6 aromatic rings. The molecule has 7 heterocycles. The number of rotatable bonds is 11. The molecule has 2 aromatic carbocycles. The molecule has 0 saturated carbocycles. The van der Waals surface area contributed by atoms with E-state index in [1.54, 1.807) is 33.5 Å². The Hall–Kier alpha value is -6.76. The number of alkyl carbamates (subject to hydrolysis) is 2. The number of likely N-dealkylation sites (tertiary alicyclic amines) is 2. The zero-order valence-electron chi connectivity index (χ0n) is 38.9. The van der Waals surface area contributed by atoms with E-state index in [9.17, 15) is 19.2 Å². The summed E-state index contributed by atoms with van der Waals surface area (Å²) >= 11 is 1.64. The van der Waals surface area contributed by atoms with Crippen LogP contribution in [0, 0.1) is 17.7 Å². The van der Waals surface area contributed by atoms with Gasteiger partial charge < -0.3 is 44.6 Å². The topological polar surface area (TPSA) is 202 Å². The number of aryl methyl sites for hydroxylation is 2. The summed E-state index contributed by atoms with van der Waals surface area (Å²) in [6.07, 6.45) is 7.33. The quantitative estimate of drug-likeness (QED) is 0.0981. The molecule has 10 rings (SSSR count). The second-order valence-electron chi connectivity index (χ2n) is 18.7. The molecule has 356 valence electrons. The number of fused-ring (bicyclic) bond motifs is 6. The summed E-state index contributed by atoms with van der Waals surface area (Å²) in [6.45, 7) is 8.56. The molecule has 1 aliphatic carbocycles. The minimum absolute atomic E-state index is 0.153. The smallest absolute Gasteiger partial charge is 0.407 e. The van der Waals surface area contributed by atoms with E-state index >= 15 is 4.39 Å². The van der Waals surface area contributed by atoms with Gasteiger partial charge in [0.15, 0.2) is 5.01 Å². The summed E-state index contributed by atoms with van der Waals surface area (Å²) in [6, 6.07) is 9.20. The summed E-state index contributed by atoms with van der Waals surface area (Å²) in [5.74, 6) is 0.400. The summed E-state index contributed by atoms with van der Waals surface area (Å²) in [7, 11) is 2.55. The second kappa shape index (κ2) is 18.0. The number of nitrogens with one attached hydrogen (secondary N) is 4. The molecule has 2 saturated heterocycles. The Kier molecular flexibility index (Phi) is 12.0. The average Bonchev–Trinajstić information content (AvgIpc) is 4.18. The third-order valence-corrected chi connectivity index (χ3v) is 14.9. The standard InChI is InChI=1S/C49H55FN10O7S/c1-24(2)40(56-48(63)65-5)45(61)58-16-8-11-34(58)42-51-22-31(53-42)26-14-15-33-28(18-26)20-36-39-29(50)19-27(21-37(39)67-47(60(33)36)44-55-30-10-7-13-38(30)68-44)32-23-52-43(54-32)35-12-9-17-59(35)46(62)41(25(3)4)57-49(64)66-6/h14-15,18-25,34-35,40-41,47H,7-13,16-17H2,1-6H3,(H,51,53)(H,52,54)(H,56,63)(H,57,64)/t34-,35-,40?,41?,47?/m0/s1. The van der Waals surface area contributed by atoms with E-state index in [2.05, 4.69) is 20.6 Å². The fraction of sp³-hybridized carbons (Fsp3) is 0.449. The first-order valence-electron chi connectivity index (χ1n) is 23.4. The highest BCUT2D eigenvalue weighted by Gasteiger charge is 2.40. The van der Waals surface area contributed by atoms with Gasteiger partial charge in [-0.2, -0.15) is 0 Å². The van der Waals surface area contributed by atoms with Crippen LogP contribution in [0.1, 0.15) is 105 Å². The molecule has 0 radical (unpaired) electrons. The van der Waals surface area contributed by atoms with Crippen LogP contribution in [-0.4, -0.2) is 103 Å². The third kappa shape index (κ3) is 8.02. The fourth-order valence-electron chi connectivity index (χ4n) is 10.3. The maximum Gasteiger partial charge on any atom is 0.407 e. The summed E-state index contributed by atoms with van der Waals surface area (Å²) in [5.41, 5.74) is 5.64. The number of ether oxygens (including phenoxy) is 3. The molecular formula is C49H55FN10O7S. The average molecular weight is 947 g/mol. The van der Waals surface area contributed by atoms with E-state index in [-0.39, 0.29) is 35.7 Å². The van der Waals surface area contributed by atoms with Gasteiger partial charge in [-0.3, -0.25) is 14.2 Å². The summed E-state index contributed by atoms with van der Waals surface area (Å²) in [4.78, 5) is 78.1. The Labute approximate surface area is 396 Å². The first-order valence-corrected chi connectivity index (χ1v) is 24.2. The molecule has 5 atom stereocenters. The number of benzene rings is 2. The van der Waals surface area contributed by atoms with Crippen LogP contribution in [0.2, 0.25) is 0 Å². The maximum atomic E-state index is 16.9. The number of hydrogen-bond acceptors (Lipinski definition) is 11. The highest BCUT2D eigenvalue weighted by atomic mass is 32.1. The molecule has 17 nitrogen and oxygen atoms in total. The number of aromatic nitrogens is 6. The Morgan fingerprint density at radius 1 is 0.794 bits per heavy atom. The van der Waals surface area contributed by atoms with Gasteiger partial charge >= 0.3 is 12.2 Å². The number of carbonyl (C=O) groups is 4. The molecule has 4 aliphatic rings. The predicted octanol–water partition coefficient (Wildman–Crippen LogP) is 8.20. The molecule has 3 unspecified atom stereocenters. The van der Waals surface area contributed by atoms with Crippen molar-refractivity contribution in [2.24, 2.45) is 11.8 Å². The number of nitrogens with zero attached hydrogens (tertiary/aromatic N) is 6. The Bertz CT molecular complexity index is 2920. The van der Waals surface area contributed by atoms with Crippen LogP contribution in [0.25, 0.3) is 44.7 Å². The third-order valence-electron chi connectivity index (χ3n) is 13.7. The predicted molar refractivity (Wildman–Crippen MR) is 251 cm³/mol. The van der Waals surface area contributed by atoms with E-state index in [0.29, 0.717) is 59.4 Å². The second-order valence-corrected chi connectivity index (χ2v) is 19.8. The normalized spacial score (nSPS) is 19.5. The number of halogens is 1. The van der Waals surface area contributed by atoms with Crippen LogP contribution in [0.3, 0.4) is 0 Å². The number of thiazole rings is 1. The van der Waals surface area contributed by atoms with Crippen molar-refractivity contribution in [1.82, 2.24) is 49.9 Å². The molecular weight excluding hydrogens is 892 g/mol. The Morgan fingerprint density at radius 2 is 1.40 bits per heavy atom. The molecule has 19 heteroatoms. The van der Waals surface area contributed by atoms with Gasteiger partial charge in [0.1, 0.15) is 35.3 Å². The van der Waals surface area contributed by atoms with Crippen LogP contribution in [0.15, 0.2) is 48.8 Å². The van der Waals surface area contributed by atoms with Crippen LogP contribution in [0.4, 0.5) is 14.0 Å². The lowest BCUT2D eigenvalue weighted by Gasteiger charge is -2.30. The number of carbonyl (C=O) groups excluding carboxylic acids is 4. The van der Waals surface area contributed by atoms with Crippen molar-refractivity contribution in [1.29, 1.82) is 0 Å². The highest BCUT2D eigenvalue weighted by Crippen LogP contribution is 2.49. The molecule has 2 fully saturated rings. The largest absolute Gasteiger partial charge is 0.462 e. The van der Waals surface area contributed by atoms with Crippen molar-refractivity contribution in [3.05, 3.63) is 81.8 Å². The monoisotopic (exact) mass is 946 g/mol. The van der Waals surface area contributed by atoms with Crippen molar-refractivity contribution in [3.8, 4) is 39.5 Å². The lowest BCUT2D eigenvalue weighted by molar-refractivity contribution is -0.136. The van der Waals surface area contributed by atoms with Crippen LogP contribution in [-0.2, 0) is 31.9 Å². The van der Waals surface area contributed by atoms with Gasteiger partial charge in [-0.1, -0.05) is 33.8 Å². The molecule has 4 aromatic heterocycles. The number of methoxy groups -OCH3 is 2. The van der Waals surface area contributed by atoms with Crippen molar-refractivity contribution < 1.29 is 37.8 Å². The van der Waals surface area contributed by atoms with Gasteiger partial charge in [-0.25, -0.2) is 28.9 Å². The van der Waals surface area contributed by atoms with Gasteiger partial charge in [-0.15, -0.1) is 11.3 Å². The van der Waals surface area contributed by atoms with Gasteiger partial charge in [-0.05, 0) is 87.1 Å². The van der Waals surface area contributed by atoms with Crippen molar-refractivity contribution in [2.75, 3.05) is 27.3 Å². The van der Waals surface area contributed by atoms with Crippen LogP contribution >= 0.6 is 11.3 Å². The van der Waals surface area contributed by atoms with Crippen molar-refractivity contribution in [3.63, 3.8) is 0 Å². The van der Waals surface area contributed by atoms with E-state index in [1.807, 2.05) is 62.6 Å². The van der Waals surface area contributed by atoms with E-state index in [1.165, 1.54) is 25.2 Å². The number of H-pyrrole nitrogens is 2. The van der Waals surface area contributed by atoms with Crippen LogP contribution < -0.4 is 15.4 Å². The van der Waals surface area contributed by atoms with Gasteiger partial charge in [0.05, 0.1) is 72.6 Å². The minimum Gasteiger partial charge on any atom is -0.462 e. The number of hydrogen-bond donors (Lipinski definition) is 4. The zero-order valence-corrected chi connectivity index (χ0v) is 39.7. The Balaban J connectivity index is 0.966. The van der Waals surface area contributed by atoms with E-state index in [4.69, 9.17) is 29.2 Å². The van der Waals surface area contributed by atoms with Crippen LogP contribution in [0.5, 0.6) is 5.75 Å². The lowest BCUT2D eigenvalue weighted by atomic mass is 10.0. The lowest BCUT2D eigenvalue weighted by Crippen LogP contribution is -2.51. The summed E-state index contributed by atoms with van der Waals surface area (Å²) in [5, 5.41) is 7.05. The molecule has 3 aliphatic heterocycles. The van der Waals surface area contributed by atoms with Gasteiger partial charge in [0, 0.05) is 34.5 Å². The SMILES string of the molecule is COC(=O)NC(C(=O)N1CCC[C@H]1c1ncc(-c2cc(F)c3c(c2)OC(c2nc4c(s2)CCC4)n2c-3cc3cc(-c4cnc([C@@H]5CCCN5C(=O)C(NC(=O)OC)C(C)C)[nH]4)ccc32)[nH]1)C(C)C.